The Labute approximate surface area is 123 Å². The second-order valence-electron chi connectivity index (χ2n) is 4.88. The van der Waals surface area contributed by atoms with Crippen LogP contribution >= 0.6 is 0 Å². The normalized spacial score (nSPS) is 11.7. The van der Waals surface area contributed by atoms with Crippen molar-refractivity contribution < 1.29 is 9.13 Å². The molecule has 2 rings (SSSR count). The van der Waals surface area contributed by atoms with Crippen LogP contribution in [-0.4, -0.2) is 11.0 Å². The van der Waals surface area contributed by atoms with Crippen LogP contribution in [0.5, 0.6) is 5.75 Å². The van der Waals surface area contributed by atoms with Gasteiger partial charge in [-0.3, -0.25) is 4.98 Å². The standard InChI is InChI=1S/C16H16FN3O/c1-11(19)6-14-3-4-15(9-20-14)21-10-12-2-5-16(17)13(7-12)8-18/h2-5,7,9,11H,6,10,19H2,1H3. The van der Waals surface area contributed by atoms with Crippen molar-refractivity contribution >= 4 is 0 Å². The molecule has 0 aliphatic rings. The van der Waals surface area contributed by atoms with Crippen molar-refractivity contribution in [3.63, 3.8) is 0 Å². The lowest BCUT2D eigenvalue weighted by Crippen LogP contribution is -2.18. The highest BCUT2D eigenvalue weighted by Crippen LogP contribution is 2.14. The molecule has 0 bridgehead atoms. The molecule has 0 spiro atoms. The summed E-state index contributed by atoms with van der Waals surface area (Å²) in [5.74, 6) is 0.0921. The molecule has 2 aromatic rings. The third kappa shape index (κ3) is 4.26. The van der Waals surface area contributed by atoms with Gasteiger partial charge >= 0.3 is 0 Å². The van der Waals surface area contributed by atoms with Gasteiger partial charge in [0.2, 0.25) is 0 Å². The zero-order valence-corrected chi connectivity index (χ0v) is 11.7. The zero-order valence-electron chi connectivity index (χ0n) is 11.7. The van der Waals surface area contributed by atoms with Crippen LogP contribution in [0.15, 0.2) is 36.5 Å². The second-order valence-corrected chi connectivity index (χ2v) is 4.88. The third-order valence-electron chi connectivity index (χ3n) is 2.89. The van der Waals surface area contributed by atoms with E-state index in [9.17, 15) is 4.39 Å². The molecular weight excluding hydrogens is 269 g/mol. The van der Waals surface area contributed by atoms with Crippen molar-refractivity contribution in [3.05, 3.63) is 59.2 Å². The van der Waals surface area contributed by atoms with Gasteiger partial charge in [-0.1, -0.05) is 6.07 Å². The van der Waals surface area contributed by atoms with Crippen molar-refractivity contribution in [2.24, 2.45) is 5.73 Å². The molecule has 2 N–H and O–H groups in total. The van der Waals surface area contributed by atoms with Crippen molar-refractivity contribution in [2.75, 3.05) is 0 Å². The van der Waals surface area contributed by atoms with E-state index in [1.807, 2.05) is 19.1 Å². The predicted octanol–water partition coefficient (Wildman–Crippen LogP) is 2.56. The smallest absolute Gasteiger partial charge is 0.140 e. The van der Waals surface area contributed by atoms with Gasteiger partial charge in [0.25, 0.3) is 0 Å². The van der Waals surface area contributed by atoms with E-state index >= 15 is 0 Å². The molecule has 0 amide bonds. The third-order valence-corrected chi connectivity index (χ3v) is 2.89. The first-order chi connectivity index (χ1) is 10.1. The molecule has 1 atom stereocenters. The Kier molecular flexibility index (Phi) is 4.85. The first-order valence-electron chi connectivity index (χ1n) is 6.60. The number of benzene rings is 1. The fourth-order valence-corrected chi connectivity index (χ4v) is 1.86. The highest BCUT2D eigenvalue weighted by atomic mass is 19.1. The van der Waals surface area contributed by atoms with E-state index in [1.54, 1.807) is 18.3 Å². The summed E-state index contributed by atoms with van der Waals surface area (Å²) in [6.07, 6.45) is 2.34. The number of ether oxygens (including phenoxy) is 1. The number of nitrogens with zero attached hydrogens (tertiary/aromatic N) is 2. The first-order valence-corrected chi connectivity index (χ1v) is 6.60. The number of nitrogens with two attached hydrogens (primary N) is 1. The number of aromatic nitrogens is 1. The topological polar surface area (TPSA) is 71.9 Å². The SMILES string of the molecule is CC(N)Cc1ccc(OCc2ccc(F)c(C#N)c2)cn1. The van der Waals surface area contributed by atoms with Gasteiger partial charge in [0.1, 0.15) is 24.2 Å². The van der Waals surface area contributed by atoms with E-state index in [0.717, 1.165) is 11.3 Å². The van der Waals surface area contributed by atoms with Crippen LogP contribution in [0.3, 0.4) is 0 Å². The summed E-state index contributed by atoms with van der Waals surface area (Å²) < 4.78 is 18.8. The summed E-state index contributed by atoms with van der Waals surface area (Å²) in [7, 11) is 0. The number of halogens is 1. The van der Waals surface area contributed by atoms with Crippen molar-refractivity contribution in [3.8, 4) is 11.8 Å². The van der Waals surface area contributed by atoms with Gasteiger partial charge in [-0.15, -0.1) is 0 Å². The highest BCUT2D eigenvalue weighted by Gasteiger charge is 2.04. The van der Waals surface area contributed by atoms with E-state index in [4.69, 9.17) is 15.7 Å². The molecule has 0 aliphatic carbocycles. The van der Waals surface area contributed by atoms with E-state index in [-0.39, 0.29) is 18.2 Å². The van der Waals surface area contributed by atoms with Gasteiger partial charge < -0.3 is 10.5 Å². The Morgan fingerprint density at radius 3 is 2.81 bits per heavy atom. The lowest BCUT2D eigenvalue weighted by Gasteiger charge is -2.08. The molecule has 1 unspecified atom stereocenters. The van der Waals surface area contributed by atoms with E-state index in [1.165, 1.54) is 12.1 Å². The van der Waals surface area contributed by atoms with Crippen LogP contribution in [0, 0.1) is 17.1 Å². The fraction of sp³-hybridized carbons (Fsp3) is 0.250. The lowest BCUT2D eigenvalue weighted by molar-refractivity contribution is 0.304. The Morgan fingerprint density at radius 1 is 1.38 bits per heavy atom. The van der Waals surface area contributed by atoms with Crippen LogP contribution in [0.4, 0.5) is 4.39 Å². The molecule has 5 heteroatoms. The van der Waals surface area contributed by atoms with Gasteiger partial charge in [0, 0.05) is 18.2 Å². The first kappa shape index (κ1) is 14.9. The molecule has 0 saturated heterocycles. The Hall–Kier alpha value is -2.45. The molecule has 108 valence electrons. The largest absolute Gasteiger partial charge is 0.487 e. The Bertz CT molecular complexity index is 648. The van der Waals surface area contributed by atoms with E-state index in [0.29, 0.717) is 12.2 Å². The maximum absolute atomic E-state index is 13.2. The average Bonchev–Trinajstić information content (AvgIpc) is 2.47. The minimum absolute atomic E-state index is 0.0153. The monoisotopic (exact) mass is 285 g/mol. The second kappa shape index (κ2) is 6.82. The average molecular weight is 285 g/mol. The molecule has 0 aliphatic heterocycles. The number of rotatable bonds is 5. The summed E-state index contributed by atoms with van der Waals surface area (Å²) in [4.78, 5) is 4.26. The maximum Gasteiger partial charge on any atom is 0.140 e. The van der Waals surface area contributed by atoms with Crippen LogP contribution < -0.4 is 10.5 Å². The van der Waals surface area contributed by atoms with Gasteiger partial charge in [-0.05, 0) is 36.8 Å². The summed E-state index contributed by atoms with van der Waals surface area (Å²) >= 11 is 0. The zero-order chi connectivity index (χ0) is 15.2. The van der Waals surface area contributed by atoms with Crippen LogP contribution in [-0.2, 0) is 13.0 Å². The minimum Gasteiger partial charge on any atom is -0.487 e. The van der Waals surface area contributed by atoms with Crippen LogP contribution in [0.1, 0.15) is 23.7 Å². The molecule has 4 nitrogen and oxygen atoms in total. The van der Waals surface area contributed by atoms with E-state index in [2.05, 4.69) is 4.98 Å². The molecule has 0 fully saturated rings. The lowest BCUT2D eigenvalue weighted by atomic mass is 10.1. The van der Waals surface area contributed by atoms with Gasteiger partial charge in [-0.2, -0.15) is 5.26 Å². The summed E-state index contributed by atoms with van der Waals surface area (Å²) in [5, 5.41) is 8.78. The van der Waals surface area contributed by atoms with Gasteiger partial charge in [0.05, 0.1) is 11.8 Å². The number of pyridine rings is 1. The quantitative estimate of drug-likeness (QED) is 0.916. The molecule has 0 radical (unpaired) electrons. The molecule has 1 heterocycles. The van der Waals surface area contributed by atoms with Crippen LogP contribution in [0.2, 0.25) is 0 Å². The summed E-state index contributed by atoms with van der Waals surface area (Å²) in [6, 6.07) is 9.89. The molecule has 21 heavy (non-hydrogen) atoms. The number of hydrogen-bond acceptors (Lipinski definition) is 4. The molecule has 1 aromatic heterocycles. The van der Waals surface area contributed by atoms with Crippen molar-refractivity contribution in [1.82, 2.24) is 4.98 Å². The van der Waals surface area contributed by atoms with Crippen molar-refractivity contribution in [2.45, 2.75) is 26.0 Å². The highest BCUT2D eigenvalue weighted by molar-refractivity contribution is 5.34. The summed E-state index contributed by atoms with van der Waals surface area (Å²) in [5.41, 5.74) is 7.36. The molecule has 1 aromatic carbocycles. The van der Waals surface area contributed by atoms with Crippen molar-refractivity contribution in [1.29, 1.82) is 5.26 Å². The molecule has 0 saturated carbocycles. The Balaban J connectivity index is 1.98. The molecular formula is C16H16FN3O. The van der Waals surface area contributed by atoms with Gasteiger partial charge in [0.15, 0.2) is 0 Å². The minimum atomic E-state index is -0.525. The van der Waals surface area contributed by atoms with E-state index < -0.39 is 5.82 Å². The summed E-state index contributed by atoms with van der Waals surface area (Å²) in [6.45, 7) is 2.18. The Morgan fingerprint density at radius 2 is 2.19 bits per heavy atom. The fourth-order valence-electron chi connectivity index (χ4n) is 1.86. The number of nitriles is 1. The number of hydrogen-bond donors (Lipinski definition) is 1. The van der Waals surface area contributed by atoms with Gasteiger partial charge in [-0.25, -0.2) is 4.39 Å². The maximum atomic E-state index is 13.2. The van der Waals surface area contributed by atoms with Crippen LogP contribution in [0.25, 0.3) is 0 Å². The predicted molar refractivity (Wildman–Crippen MR) is 77.0 cm³/mol.